The molecule has 0 heterocycles. The van der Waals surface area contributed by atoms with E-state index in [1.54, 1.807) is 12.1 Å². The molecule has 0 amide bonds. The van der Waals surface area contributed by atoms with Crippen molar-refractivity contribution in [2.45, 2.75) is 13.3 Å². The standard InChI is InChI=1S/C9H11IO2/c1-2-5-12-7-3-4-9(11)8(10)6-7/h3-4,6,11H,2,5H2,1H3. The van der Waals surface area contributed by atoms with Crippen LogP contribution in [0.25, 0.3) is 0 Å². The van der Waals surface area contributed by atoms with E-state index in [4.69, 9.17) is 4.74 Å². The van der Waals surface area contributed by atoms with Crippen molar-refractivity contribution in [3.8, 4) is 11.5 Å². The predicted molar refractivity (Wildman–Crippen MR) is 56.6 cm³/mol. The lowest BCUT2D eigenvalue weighted by Crippen LogP contribution is -1.94. The molecular formula is C9H11IO2. The van der Waals surface area contributed by atoms with Gasteiger partial charge in [-0.3, -0.25) is 0 Å². The first-order valence-corrected chi connectivity index (χ1v) is 4.93. The lowest BCUT2D eigenvalue weighted by atomic mass is 10.3. The van der Waals surface area contributed by atoms with E-state index >= 15 is 0 Å². The molecule has 1 aromatic carbocycles. The van der Waals surface area contributed by atoms with Gasteiger partial charge >= 0.3 is 0 Å². The molecule has 0 unspecified atom stereocenters. The number of hydrogen-bond donors (Lipinski definition) is 1. The fraction of sp³-hybridized carbons (Fsp3) is 0.333. The van der Waals surface area contributed by atoms with Crippen LogP contribution in [0.2, 0.25) is 0 Å². The van der Waals surface area contributed by atoms with Gasteiger partial charge in [0.2, 0.25) is 0 Å². The minimum absolute atomic E-state index is 0.305. The smallest absolute Gasteiger partial charge is 0.129 e. The number of halogens is 1. The van der Waals surface area contributed by atoms with Crippen molar-refractivity contribution < 1.29 is 9.84 Å². The maximum absolute atomic E-state index is 9.21. The Labute approximate surface area is 85.7 Å². The van der Waals surface area contributed by atoms with Gasteiger partial charge in [0, 0.05) is 0 Å². The van der Waals surface area contributed by atoms with E-state index in [2.05, 4.69) is 29.5 Å². The third-order valence-corrected chi connectivity index (χ3v) is 2.26. The zero-order valence-corrected chi connectivity index (χ0v) is 9.04. The molecule has 1 N–H and O–H groups in total. The Morgan fingerprint density at radius 2 is 2.25 bits per heavy atom. The van der Waals surface area contributed by atoms with Gasteiger partial charge in [-0.25, -0.2) is 0 Å². The molecule has 66 valence electrons. The van der Waals surface area contributed by atoms with E-state index in [0.717, 1.165) is 22.3 Å². The van der Waals surface area contributed by atoms with Crippen LogP contribution in [0.5, 0.6) is 11.5 Å². The molecule has 0 spiro atoms. The second-order valence-corrected chi connectivity index (χ2v) is 3.62. The maximum Gasteiger partial charge on any atom is 0.129 e. The first kappa shape index (κ1) is 9.64. The number of hydrogen-bond acceptors (Lipinski definition) is 2. The highest BCUT2D eigenvalue weighted by Gasteiger charge is 1.98. The van der Waals surface area contributed by atoms with Gasteiger partial charge in [0.1, 0.15) is 11.5 Å². The van der Waals surface area contributed by atoms with Gasteiger partial charge in [-0.2, -0.15) is 0 Å². The number of phenolic OH excluding ortho intramolecular Hbond substituents is 1. The van der Waals surface area contributed by atoms with E-state index in [-0.39, 0.29) is 0 Å². The third-order valence-electron chi connectivity index (χ3n) is 1.39. The highest BCUT2D eigenvalue weighted by atomic mass is 127. The summed E-state index contributed by atoms with van der Waals surface area (Å²) in [5.41, 5.74) is 0. The van der Waals surface area contributed by atoms with Crippen molar-refractivity contribution in [1.29, 1.82) is 0 Å². The van der Waals surface area contributed by atoms with E-state index < -0.39 is 0 Å². The average molecular weight is 278 g/mol. The molecule has 0 saturated heterocycles. The molecule has 0 aliphatic carbocycles. The van der Waals surface area contributed by atoms with Gasteiger partial charge in [-0.1, -0.05) is 6.92 Å². The molecule has 0 fully saturated rings. The van der Waals surface area contributed by atoms with E-state index in [0.29, 0.717) is 5.75 Å². The average Bonchev–Trinajstić information content (AvgIpc) is 2.07. The Kier molecular flexibility index (Phi) is 3.65. The first-order valence-electron chi connectivity index (χ1n) is 3.85. The number of benzene rings is 1. The molecule has 0 radical (unpaired) electrons. The molecule has 3 heteroatoms. The fourth-order valence-electron chi connectivity index (χ4n) is 0.797. The zero-order valence-electron chi connectivity index (χ0n) is 6.88. The normalized spacial score (nSPS) is 9.83. The van der Waals surface area contributed by atoms with Crippen molar-refractivity contribution in [3.05, 3.63) is 21.8 Å². The number of aromatic hydroxyl groups is 1. The Morgan fingerprint density at radius 1 is 1.50 bits per heavy atom. The van der Waals surface area contributed by atoms with Crippen molar-refractivity contribution in [2.75, 3.05) is 6.61 Å². The Morgan fingerprint density at radius 3 is 2.83 bits per heavy atom. The van der Waals surface area contributed by atoms with Crippen LogP contribution in [0, 0.1) is 3.57 Å². The molecule has 1 aromatic rings. The largest absolute Gasteiger partial charge is 0.507 e. The van der Waals surface area contributed by atoms with Gasteiger partial charge in [0.15, 0.2) is 0 Å². The summed E-state index contributed by atoms with van der Waals surface area (Å²) < 4.78 is 6.20. The molecule has 0 aliphatic heterocycles. The van der Waals surface area contributed by atoms with E-state index in [1.165, 1.54) is 0 Å². The van der Waals surface area contributed by atoms with Crippen LogP contribution in [0.15, 0.2) is 18.2 Å². The third kappa shape index (κ3) is 2.55. The van der Waals surface area contributed by atoms with Gasteiger partial charge in [-0.15, -0.1) is 0 Å². The second kappa shape index (κ2) is 4.54. The van der Waals surface area contributed by atoms with Crippen molar-refractivity contribution in [1.82, 2.24) is 0 Å². The minimum Gasteiger partial charge on any atom is -0.507 e. The Bertz CT molecular complexity index is 261. The minimum atomic E-state index is 0.305. The zero-order chi connectivity index (χ0) is 8.97. The van der Waals surface area contributed by atoms with Crippen LogP contribution in [-0.4, -0.2) is 11.7 Å². The van der Waals surface area contributed by atoms with Crippen LogP contribution >= 0.6 is 22.6 Å². The van der Waals surface area contributed by atoms with Crippen LogP contribution in [0.3, 0.4) is 0 Å². The summed E-state index contributed by atoms with van der Waals surface area (Å²) in [5, 5.41) is 9.21. The van der Waals surface area contributed by atoms with Crippen LogP contribution in [0.1, 0.15) is 13.3 Å². The van der Waals surface area contributed by atoms with Gasteiger partial charge < -0.3 is 9.84 Å². The van der Waals surface area contributed by atoms with Crippen LogP contribution < -0.4 is 4.74 Å². The van der Waals surface area contributed by atoms with Crippen LogP contribution in [-0.2, 0) is 0 Å². The summed E-state index contributed by atoms with van der Waals surface area (Å²) >= 11 is 2.07. The highest BCUT2D eigenvalue weighted by molar-refractivity contribution is 14.1. The summed E-state index contributed by atoms with van der Waals surface area (Å²) in [6.45, 7) is 2.78. The number of rotatable bonds is 3. The van der Waals surface area contributed by atoms with Gasteiger partial charge in [0.05, 0.1) is 10.2 Å². The summed E-state index contributed by atoms with van der Waals surface area (Å²) in [7, 11) is 0. The predicted octanol–water partition coefficient (Wildman–Crippen LogP) is 2.79. The number of phenols is 1. The molecule has 1 rings (SSSR count). The lowest BCUT2D eigenvalue weighted by Gasteiger charge is -2.04. The monoisotopic (exact) mass is 278 g/mol. The van der Waals surface area contributed by atoms with E-state index in [1.807, 2.05) is 6.07 Å². The molecule has 0 atom stereocenters. The van der Waals surface area contributed by atoms with Crippen molar-refractivity contribution >= 4 is 22.6 Å². The SMILES string of the molecule is CCCOc1ccc(O)c(I)c1. The molecule has 0 aromatic heterocycles. The molecular weight excluding hydrogens is 267 g/mol. The second-order valence-electron chi connectivity index (χ2n) is 2.46. The molecule has 0 aliphatic rings. The Balaban J connectivity index is 2.69. The van der Waals surface area contributed by atoms with Crippen molar-refractivity contribution in [3.63, 3.8) is 0 Å². The van der Waals surface area contributed by atoms with Crippen LogP contribution in [0.4, 0.5) is 0 Å². The van der Waals surface area contributed by atoms with E-state index in [9.17, 15) is 5.11 Å². The Hall–Kier alpha value is -0.450. The lowest BCUT2D eigenvalue weighted by molar-refractivity contribution is 0.316. The summed E-state index contributed by atoms with van der Waals surface area (Å²) in [4.78, 5) is 0. The summed E-state index contributed by atoms with van der Waals surface area (Å²) in [6, 6.07) is 5.24. The molecule has 2 nitrogen and oxygen atoms in total. The molecule has 0 saturated carbocycles. The maximum atomic E-state index is 9.21. The molecule has 0 bridgehead atoms. The summed E-state index contributed by atoms with van der Waals surface area (Å²) in [5.74, 6) is 1.12. The summed E-state index contributed by atoms with van der Waals surface area (Å²) in [6.07, 6.45) is 0.997. The van der Waals surface area contributed by atoms with Gasteiger partial charge in [-0.05, 0) is 47.2 Å². The fourth-order valence-corrected chi connectivity index (χ4v) is 1.28. The quantitative estimate of drug-likeness (QED) is 0.861. The van der Waals surface area contributed by atoms with Crippen molar-refractivity contribution in [2.24, 2.45) is 0 Å². The highest BCUT2D eigenvalue weighted by Crippen LogP contribution is 2.24. The van der Waals surface area contributed by atoms with Gasteiger partial charge in [0.25, 0.3) is 0 Å². The first-order chi connectivity index (χ1) is 5.74. The topological polar surface area (TPSA) is 29.5 Å². The number of ether oxygens (including phenoxy) is 1. The molecule has 12 heavy (non-hydrogen) atoms.